The number of nitrogens with one attached hydrogen (secondary N) is 1. The van der Waals surface area contributed by atoms with Gasteiger partial charge in [-0.2, -0.15) is 0 Å². The minimum absolute atomic E-state index is 0.0388. The molecule has 184 valence electrons. The summed E-state index contributed by atoms with van der Waals surface area (Å²) in [5, 5.41) is 13.2. The van der Waals surface area contributed by atoms with E-state index in [-0.39, 0.29) is 17.4 Å². The molecule has 4 unspecified atom stereocenters. The summed E-state index contributed by atoms with van der Waals surface area (Å²) >= 11 is 0. The number of carbonyl (C=O) groups excluding carboxylic acids is 2. The minimum atomic E-state index is -0.728. The van der Waals surface area contributed by atoms with E-state index in [1.807, 2.05) is 12.1 Å². The van der Waals surface area contributed by atoms with Crippen molar-refractivity contribution in [1.29, 1.82) is 0 Å². The van der Waals surface area contributed by atoms with E-state index in [9.17, 15) is 14.7 Å². The third kappa shape index (κ3) is 3.24. The number of hydrogen-bond acceptors (Lipinski definition) is 4. The van der Waals surface area contributed by atoms with Gasteiger partial charge in [0.25, 0.3) is 5.91 Å². The van der Waals surface area contributed by atoms with Gasteiger partial charge >= 0.3 is 6.03 Å². The SMILES string of the molecule is C[C@]12CCC3c4ccc(O)cc4CCC3C1CCC21NC(=O)N(CCN2CCCCCC2)C1=O. The first-order chi connectivity index (χ1) is 16.4. The summed E-state index contributed by atoms with van der Waals surface area (Å²) in [7, 11) is 0. The van der Waals surface area contributed by atoms with E-state index in [1.54, 1.807) is 4.90 Å². The number of phenolic OH excluding ortho intramolecular Hbond substituents is 1. The monoisotopic (exact) mass is 465 g/mol. The first-order valence-electron chi connectivity index (χ1n) is 13.6. The summed E-state index contributed by atoms with van der Waals surface area (Å²) in [6.07, 6.45) is 10.9. The van der Waals surface area contributed by atoms with E-state index >= 15 is 0 Å². The Labute approximate surface area is 203 Å². The van der Waals surface area contributed by atoms with Crippen molar-refractivity contribution in [2.75, 3.05) is 26.2 Å². The number of nitrogens with zero attached hydrogens (tertiary/aromatic N) is 2. The number of imide groups is 1. The third-order valence-corrected chi connectivity index (χ3v) is 10.4. The summed E-state index contributed by atoms with van der Waals surface area (Å²) in [5.41, 5.74) is 1.78. The van der Waals surface area contributed by atoms with E-state index < -0.39 is 5.54 Å². The zero-order chi connectivity index (χ0) is 23.5. The molecule has 6 rings (SSSR count). The molecule has 2 heterocycles. The van der Waals surface area contributed by atoms with E-state index in [1.165, 1.54) is 36.8 Å². The van der Waals surface area contributed by atoms with Crippen LogP contribution in [0.1, 0.15) is 81.8 Å². The van der Waals surface area contributed by atoms with Gasteiger partial charge in [0.05, 0.1) is 0 Å². The third-order valence-electron chi connectivity index (χ3n) is 10.4. The number of rotatable bonds is 3. The van der Waals surface area contributed by atoms with Crippen LogP contribution in [0.25, 0.3) is 0 Å². The van der Waals surface area contributed by atoms with Crippen LogP contribution in [0.4, 0.5) is 4.79 Å². The second kappa shape index (κ2) is 8.25. The highest BCUT2D eigenvalue weighted by molar-refractivity contribution is 6.08. The van der Waals surface area contributed by atoms with Gasteiger partial charge in [0.15, 0.2) is 0 Å². The van der Waals surface area contributed by atoms with Crippen LogP contribution in [-0.4, -0.2) is 58.6 Å². The molecule has 3 aliphatic carbocycles. The Kier molecular flexibility index (Phi) is 5.43. The van der Waals surface area contributed by atoms with Gasteiger partial charge in [-0.3, -0.25) is 9.69 Å². The van der Waals surface area contributed by atoms with E-state index in [0.717, 1.165) is 58.2 Å². The van der Waals surface area contributed by atoms with Crippen molar-refractivity contribution >= 4 is 11.9 Å². The summed E-state index contributed by atoms with van der Waals surface area (Å²) in [6, 6.07) is 5.72. The normalized spacial score (nSPS) is 37.8. The average Bonchev–Trinajstić information content (AvgIpc) is 3.09. The van der Waals surface area contributed by atoms with Crippen molar-refractivity contribution in [3.05, 3.63) is 29.3 Å². The molecule has 34 heavy (non-hydrogen) atoms. The molecule has 2 saturated carbocycles. The lowest BCUT2D eigenvalue weighted by Crippen LogP contribution is -2.60. The molecule has 3 amide bonds. The Balaban J connectivity index is 1.21. The maximum Gasteiger partial charge on any atom is 0.325 e. The molecule has 1 spiro atoms. The smallest absolute Gasteiger partial charge is 0.325 e. The van der Waals surface area contributed by atoms with Crippen LogP contribution < -0.4 is 5.32 Å². The van der Waals surface area contributed by atoms with E-state index in [2.05, 4.69) is 23.2 Å². The van der Waals surface area contributed by atoms with Gasteiger partial charge in [-0.05, 0) is 105 Å². The first kappa shape index (κ1) is 22.4. The Bertz CT molecular complexity index is 987. The molecular weight excluding hydrogens is 426 g/mol. The Hall–Kier alpha value is -2.08. The largest absolute Gasteiger partial charge is 0.508 e. The molecule has 6 nitrogen and oxygen atoms in total. The average molecular weight is 466 g/mol. The standard InChI is InChI=1S/C28H39N3O3/c1-27-12-10-22-21-9-7-20(32)18-19(21)6-8-23(22)24(27)11-13-28(27)25(33)31(26(34)29-28)17-16-30-14-4-2-3-5-15-30/h7,9,18,22-24,32H,2-6,8,10-17H2,1H3,(H,29,34)/t22?,23?,24?,27-,28?/m0/s1. The van der Waals surface area contributed by atoms with Crippen LogP contribution in [0.3, 0.4) is 0 Å². The number of urea groups is 1. The summed E-state index contributed by atoms with van der Waals surface area (Å²) < 4.78 is 0. The Morgan fingerprint density at radius 2 is 1.82 bits per heavy atom. The van der Waals surface area contributed by atoms with E-state index in [4.69, 9.17) is 0 Å². The fourth-order valence-corrected chi connectivity index (χ4v) is 8.60. The lowest BCUT2D eigenvalue weighted by Gasteiger charge is -2.53. The molecule has 1 aromatic carbocycles. The maximum atomic E-state index is 13.9. The minimum Gasteiger partial charge on any atom is -0.508 e. The number of fused-ring (bicyclic) bond motifs is 6. The van der Waals surface area contributed by atoms with Crippen LogP contribution in [-0.2, 0) is 11.2 Å². The lowest BCUT2D eigenvalue weighted by molar-refractivity contribution is -0.137. The van der Waals surface area contributed by atoms with Crippen LogP contribution in [0.15, 0.2) is 18.2 Å². The highest BCUT2D eigenvalue weighted by Gasteiger charge is 2.69. The number of aryl methyl sites for hydroxylation is 1. The van der Waals surface area contributed by atoms with Crippen LogP contribution >= 0.6 is 0 Å². The maximum absolute atomic E-state index is 13.9. The summed E-state index contributed by atoms with van der Waals surface area (Å²) in [6.45, 7) is 5.76. The fourth-order valence-electron chi connectivity index (χ4n) is 8.60. The number of phenols is 1. The molecule has 0 bridgehead atoms. The predicted octanol–water partition coefficient (Wildman–Crippen LogP) is 4.41. The quantitative estimate of drug-likeness (QED) is 0.649. The predicted molar refractivity (Wildman–Crippen MR) is 131 cm³/mol. The van der Waals surface area contributed by atoms with Gasteiger partial charge in [-0.1, -0.05) is 25.8 Å². The molecule has 2 N–H and O–H groups in total. The molecule has 6 heteroatoms. The molecule has 0 radical (unpaired) electrons. The van der Waals surface area contributed by atoms with Gasteiger partial charge in [0, 0.05) is 18.5 Å². The lowest BCUT2D eigenvalue weighted by atomic mass is 9.52. The zero-order valence-corrected chi connectivity index (χ0v) is 20.5. The van der Waals surface area contributed by atoms with Gasteiger partial charge in [0.2, 0.25) is 0 Å². The number of amides is 3. The molecular formula is C28H39N3O3. The van der Waals surface area contributed by atoms with Crippen molar-refractivity contribution in [2.45, 2.75) is 82.6 Å². The summed E-state index contributed by atoms with van der Waals surface area (Å²) in [5.74, 6) is 1.90. The highest BCUT2D eigenvalue weighted by Crippen LogP contribution is 2.65. The van der Waals surface area contributed by atoms with Gasteiger partial charge in [-0.25, -0.2) is 4.79 Å². The highest BCUT2D eigenvalue weighted by atomic mass is 16.3. The van der Waals surface area contributed by atoms with Crippen molar-refractivity contribution in [3.8, 4) is 5.75 Å². The molecule has 2 saturated heterocycles. The van der Waals surface area contributed by atoms with Gasteiger partial charge in [-0.15, -0.1) is 0 Å². The molecule has 1 aromatic rings. The van der Waals surface area contributed by atoms with Crippen molar-refractivity contribution in [3.63, 3.8) is 0 Å². The number of carbonyl (C=O) groups is 2. The molecule has 0 aromatic heterocycles. The van der Waals surface area contributed by atoms with Crippen molar-refractivity contribution in [2.24, 2.45) is 17.3 Å². The van der Waals surface area contributed by atoms with Crippen molar-refractivity contribution in [1.82, 2.24) is 15.1 Å². The Morgan fingerprint density at radius 1 is 1.03 bits per heavy atom. The molecule has 5 aliphatic rings. The zero-order valence-electron chi connectivity index (χ0n) is 20.5. The topological polar surface area (TPSA) is 72.9 Å². The number of hydrogen-bond donors (Lipinski definition) is 2. The summed E-state index contributed by atoms with van der Waals surface area (Å²) in [4.78, 5) is 31.0. The van der Waals surface area contributed by atoms with Crippen LogP contribution in [0.5, 0.6) is 5.75 Å². The number of benzene rings is 1. The molecule has 5 atom stereocenters. The van der Waals surface area contributed by atoms with Gasteiger partial charge < -0.3 is 15.3 Å². The number of aromatic hydroxyl groups is 1. The van der Waals surface area contributed by atoms with Crippen LogP contribution in [0.2, 0.25) is 0 Å². The Morgan fingerprint density at radius 3 is 2.62 bits per heavy atom. The van der Waals surface area contributed by atoms with Gasteiger partial charge in [0.1, 0.15) is 11.3 Å². The first-order valence-corrected chi connectivity index (χ1v) is 13.6. The molecule has 4 fully saturated rings. The van der Waals surface area contributed by atoms with Crippen LogP contribution in [0, 0.1) is 17.3 Å². The van der Waals surface area contributed by atoms with E-state index in [0.29, 0.717) is 30.0 Å². The molecule has 2 aliphatic heterocycles. The number of likely N-dealkylation sites (tertiary alicyclic amines) is 1. The fraction of sp³-hybridized carbons (Fsp3) is 0.714. The second-order valence-corrected chi connectivity index (χ2v) is 11.8. The van der Waals surface area contributed by atoms with Crippen molar-refractivity contribution < 1.29 is 14.7 Å². The second-order valence-electron chi connectivity index (χ2n) is 11.8.